The predicted molar refractivity (Wildman–Crippen MR) is 94.9 cm³/mol. The third-order valence-corrected chi connectivity index (χ3v) is 4.26. The zero-order chi connectivity index (χ0) is 17.1. The van der Waals surface area contributed by atoms with E-state index in [1.54, 1.807) is 0 Å². The molecule has 1 amide bonds. The van der Waals surface area contributed by atoms with Crippen molar-refractivity contribution in [3.05, 3.63) is 35.9 Å². The van der Waals surface area contributed by atoms with Gasteiger partial charge in [-0.15, -0.1) is 0 Å². The third kappa shape index (κ3) is 5.15. The van der Waals surface area contributed by atoms with Crippen LogP contribution in [0, 0.1) is 10.8 Å². The summed E-state index contributed by atoms with van der Waals surface area (Å²) in [4.78, 5) is 14.5. The lowest BCUT2D eigenvalue weighted by Gasteiger charge is -2.41. The summed E-state index contributed by atoms with van der Waals surface area (Å²) in [5, 5.41) is 0. The molecule has 124 valence electrons. The molecule has 1 aromatic carbocycles. The van der Waals surface area contributed by atoms with Crippen LogP contribution < -0.4 is 0 Å². The topological polar surface area (TPSA) is 20.3 Å². The van der Waals surface area contributed by atoms with Gasteiger partial charge in [0.1, 0.15) is 0 Å². The van der Waals surface area contributed by atoms with Crippen LogP contribution in [0.3, 0.4) is 0 Å². The smallest absolute Gasteiger partial charge is 0.223 e. The van der Waals surface area contributed by atoms with Gasteiger partial charge in [-0.2, -0.15) is 0 Å². The second-order valence-electron chi connectivity index (χ2n) is 8.74. The van der Waals surface area contributed by atoms with E-state index in [1.807, 2.05) is 18.0 Å². The monoisotopic (exact) mass is 303 g/mol. The van der Waals surface area contributed by atoms with Crippen LogP contribution in [-0.4, -0.2) is 23.9 Å². The van der Waals surface area contributed by atoms with Crippen LogP contribution in [0.5, 0.6) is 0 Å². The Morgan fingerprint density at radius 3 is 1.95 bits per heavy atom. The largest absolute Gasteiger partial charge is 0.342 e. The number of likely N-dealkylation sites (N-methyl/N-ethyl adjacent to an activating group) is 1. The summed E-state index contributed by atoms with van der Waals surface area (Å²) in [7, 11) is 1.94. The van der Waals surface area contributed by atoms with Gasteiger partial charge in [-0.25, -0.2) is 0 Å². The van der Waals surface area contributed by atoms with Gasteiger partial charge in [0, 0.05) is 25.4 Å². The fourth-order valence-electron chi connectivity index (χ4n) is 3.19. The molecule has 0 radical (unpaired) electrons. The summed E-state index contributed by atoms with van der Waals surface area (Å²) in [5.41, 5.74) is 1.42. The van der Waals surface area contributed by atoms with E-state index < -0.39 is 0 Å². The average molecular weight is 303 g/mol. The quantitative estimate of drug-likeness (QED) is 0.758. The fourth-order valence-corrected chi connectivity index (χ4v) is 3.19. The van der Waals surface area contributed by atoms with Crippen molar-refractivity contribution in [1.82, 2.24) is 4.90 Å². The van der Waals surface area contributed by atoms with Gasteiger partial charge in [-0.3, -0.25) is 4.79 Å². The Morgan fingerprint density at radius 2 is 1.55 bits per heavy atom. The van der Waals surface area contributed by atoms with Crippen molar-refractivity contribution in [3.63, 3.8) is 0 Å². The number of rotatable bonds is 4. The Balaban J connectivity index is 3.03. The highest BCUT2D eigenvalue weighted by Crippen LogP contribution is 2.39. The summed E-state index contributed by atoms with van der Waals surface area (Å²) in [6.07, 6.45) is 0.583. The maximum Gasteiger partial charge on any atom is 0.223 e. The Morgan fingerprint density at radius 1 is 1.05 bits per heavy atom. The lowest BCUT2D eigenvalue weighted by molar-refractivity contribution is -0.134. The van der Waals surface area contributed by atoms with Crippen LogP contribution in [0.2, 0.25) is 0 Å². The minimum atomic E-state index is 0.0229. The second-order valence-corrected chi connectivity index (χ2v) is 8.74. The van der Waals surface area contributed by atoms with Gasteiger partial charge in [0.25, 0.3) is 0 Å². The van der Waals surface area contributed by atoms with Gasteiger partial charge < -0.3 is 4.90 Å². The Bertz CT molecular complexity index is 479. The van der Waals surface area contributed by atoms with Crippen molar-refractivity contribution in [2.45, 2.75) is 66.8 Å². The molecule has 2 nitrogen and oxygen atoms in total. The summed E-state index contributed by atoms with van der Waals surface area (Å²) < 4.78 is 0. The van der Waals surface area contributed by atoms with Gasteiger partial charge in [-0.05, 0) is 23.3 Å². The first-order valence-electron chi connectivity index (χ1n) is 8.24. The molecule has 0 saturated carbocycles. The molecular weight excluding hydrogens is 270 g/mol. The number of amides is 1. The normalized spacial score (nSPS) is 15.3. The third-order valence-electron chi connectivity index (χ3n) is 4.26. The Hall–Kier alpha value is -1.31. The van der Waals surface area contributed by atoms with Crippen molar-refractivity contribution in [3.8, 4) is 0 Å². The van der Waals surface area contributed by atoms with E-state index in [4.69, 9.17) is 0 Å². The van der Waals surface area contributed by atoms with Crippen LogP contribution in [0.15, 0.2) is 30.3 Å². The first kappa shape index (κ1) is 18.7. The zero-order valence-corrected chi connectivity index (χ0v) is 15.6. The molecule has 0 aliphatic carbocycles. The maximum absolute atomic E-state index is 12.6. The molecule has 0 aromatic heterocycles. The minimum Gasteiger partial charge on any atom is -0.342 e. The fraction of sp³-hybridized carbons (Fsp3) is 0.650. The molecule has 0 heterocycles. The molecular formula is C20H33NO. The number of benzene rings is 1. The molecule has 22 heavy (non-hydrogen) atoms. The van der Waals surface area contributed by atoms with Crippen LogP contribution in [-0.2, 0) is 4.79 Å². The van der Waals surface area contributed by atoms with Crippen LogP contribution >= 0.6 is 0 Å². The van der Waals surface area contributed by atoms with E-state index in [9.17, 15) is 4.79 Å². The minimum absolute atomic E-state index is 0.0229. The summed E-state index contributed by atoms with van der Waals surface area (Å²) in [6.45, 7) is 15.3. The number of hydrogen-bond donors (Lipinski definition) is 0. The summed E-state index contributed by atoms with van der Waals surface area (Å²) >= 11 is 0. The van der Waals surface area contributed by atoms with E-state index >= 15 is 0 Å². The molecule has 1 rings (SSSR count). The van der Waals surface area contributed by atoms with Gasteiger partial charge in [0.05, 0.1) is 0 Å². The van der Waals surface area contributed by atoms with E-state index in [1.165, 1.54) is 5.56 Å². The molecule has 0 aliphatic heterocycles. The molecule has 0 bridgehead atoms. The molecule has 1 aromatic rings. The number of nitrogens with zero attached hydrogens (tertiary/aromatic N) is 1. The average Bonchev–Trinajstić information content (AvgIpc) is 2.35. The lowest BCUT2D eigenvalue weighted by Crippen LogP contribution is -2.44. The van der Waals surface area contributed by atoms with Gasteiger partial charge in [0.2, 0.25) is 5.91 Å². The van der Waals surface area contributed by atoms with Crippen LogP contribution in [0.25, 0.3) is 0 Å². The van der Waals surface area contributed by atoms with E-state index in [0.717, 1.165) is 0 Å². The Labute approximate surface area is 136 Å². The lowest BCUT2D eigenvalue weighted by atomic mass is 9.72. The number of carbonyl (C=O) groups is 1. The van der Waals surface area contributed by atoms with Crippen molar-refractivity contribution in [1.29, 1.82) is 0 Å². The molecule has 0 fully saturated rings. The Kier molecular flexibility index (Phi) is 5.83. The van der Waals surface area contributed by atoms with E-state index in [-0.39, 0.29) is 22.8 Å². The molecule has 0 aliphatic rings. The highest BCUT2D eigenvalue weighted by molar-refractivity contribution is 5.77. The predicted octanol–water partition coefficient (Wildman–Crippen LogP) is 5.10. The van der Waals surface area contributed by atoms with Crippen molar-refractivity contribution < 1.29 is 4.79 Å². The van der Waals surface area contributed by atoms with Crippen LogP contribution in [0.4, 0.5) is 0 Å². The standard InChI is InChI=1S/C20H33NO/c1-15(21(8)17(22)14-19(2,3)4)18(20(5,6)7)16-12-10-9-11-13-16/h9-13,15,18H,14H2,1-8H3/t15-,18+/m1/s1. The van der Waals surface area contributed by atoms with Gasteiger partial charge >= 0.3 is 0 Å². The zero-order valence-electron chi connectivity index (χ0n) is 15.6. The second kappa shape index (κ2) is 6.85. The summed E-state index contributed by atoms with van der Waals surface area (Å²) in [5.74, 6) is 0.535. The highest BCUT2D eigenvalue weighted by atomic mass is 16.2. The molecule has 0 N–H and O–H groups in total. The van der Waals surface area contributed by atoms with Crippen molar-refractivity contribution >= 4 is 5.91 Å². The molecule has 2 atom stereocenters. The molecule has 0 unspecified atom stereocenters. The number of hydrogen-bond acceptors (Lipinski definition) is 1. The maximum atomic E-state index is 12.6. The van der Waals surface area contributed by atoms with Crippen LogP contribution in [0.1, 0.15) is 66.4 Å². The van der Waals surface area contributed by atoms with Gasteiger partial charge in [0.15, 0.2) is 0 Å². The molecule has 0 spiro atoms. The highest BCUT2D eigenvalue weighted by Gasteiger charge is 2.35. The summed E-state index contributed by atoms with van der Waals surface area (Å²) in [6, 6.07) is 10.7. The van der Waals surface area contributed by atoms with Crippen molar-refractivity contribution in [2.75, 3.05) is 7.05 Å². The molecule has 0 saturated heterocycles. The first-order chi connectivity index (χ1) is 9.93. The molecule has 2 heteroatoms. The van der Waals surface area contributed by atoms with Crippen molar-refractivity contribution in [2.24, 2.45) is 10.8 Å². The van der Waals surface area contributed by atoms with E-state index in [0.29, 0.717) is 12.3 Å². The number of carbonyl (C=O) groups excluding carboxylic acids is 1. The van der Waals surface area contributed by atoms with Gasteiger partial charge in [-0.1, -0.05) is 71.9 Å². The SMILES string of the molecule is C[C@H]([C@@H](c1ccccc1)C(C)(C)C)N(C)C(=O)CC(C)(C)C. The first-order valence-corrected chi connectivity index (χ1v) is 8.24. The van der Waals surface area contributed by atoms with E-state index in [2.05, 4.69) is 72.7 Å².